The maximum Gasteiger partial charge on any atom is 0.179 e. The summed E-state index contributed by atoms with van der Waals surface area (Å²) in [5.41, 5.74) is 7.56. The molecule has 80 valence electrons. The molecule has 0 spiro atoms. The van der Waals surface area contributed by atoms with E-state index in [4.69, 9.17) is 15.2 Å². The second-order valence-electron chi connectivity index (χ2n) is 2.58. The van der Waals surface area contributed by atoms with E-state index in [0.717, 1.165) is 5.01 Å². The van der Waals surface area contributed by atoms with Gasteiger partial charge in [-0.2, -0.15) is 0 Å². The first-order valence-corrected chi connectivity index (χ1v) is 5.42. The minimum Gasteiger partial charge on any atom is -0.351 e. The molecule has 0 aliphatic carbocycles. The summed E-state index contributed by atoms with van der Waals surface area (Å²) in [5.74, 6) is 0. The van der Waals surface area contributed by atoms with E-state index in [-0.39, 0.29) is 6.04 Å². The van der Waals surface area contributed by atoms with Crippen LogP contribution in [-0.4, -0.2) is 29.7 Å². The number of ether oxygens (including phenoxy) is 2. The molecule has 1 aromatic heterocycles. The van der Waals surface area contributed by atoms with Gasteiger partial charge in [-0.05, 0) is 13.8 Å². The monoisotopic (exact) mass is 217 g/mol. The number of aromatic nitrogens is 2. The van der Waals surface area contributed by atoms with Gasteiger partial charge in [0, 0.05) is 13.2 Å². The van der Waals surface area contributed by atoms with E-state index in [1.165, 1.54) is 11.3 Å². The Morgan fingerprint density at radius 2 is 2.07 bits per heavy atom. The molecular formula is C8H15N3O2S. The van der Waals surface area contributed by atoms with Gasteiger partial charge in [0.1, 0.15) is 16.6 Å². The third-order valence-electron chi connectivity index (χ3n) is 1.62. The highest BCUT2D eigenvalue weighted by molar-refractivity contribution is 7.09. The molecule has 1 atom stereocenters. The Hall–Kier alpha value is -0.560. The Kier molecular flexibility index (Phi) is 4.95. The zero-order chi connectivity index (χ0) is 10.4. The van der Waals surface area contributed by atoms with Gasteiger partial charge < -0.3 is 15.2 Å². The Morgan fingerprint density at radius 1 is 1.43 bits per heavy atom. The summed E-state index contributed by atoms with van der Waals surface area (Å²) in [6.07, 6.45) is -0.432. The van der Waals surface area contributed by atoms with Gasteiger partial charge in [-0.25, -0.2) is 0 Å². The average molecular weight is 217 g/mol. The first kappa shape index (κ1) is 11.5. The molecule has 6 heteroatoms. The van der Waals surface area contributed by atoms with Crippen LogP contribution in [0.5, 0.6) is 0 Å². The quantitative estimate of drug-likeness (QED) is 0.718. The van der Waals surface area contributed by atoms with Crippen LogP contribution >= 0.6 is 11.3 Å². The lowest BCUT2D eigenvalue weighted by Crippen LogP contribution is -2.31. The molecular weight excluding hydrogens is 202 g/mol. The SMILES string of the molecule is CCOC(OCC)C(N)c1nncs1. The van der Waals surface area contributed by atoms with Crippen LogP contribution in [0.2, 0.25) is 0 Å². The predicted octanol–water partition coefficient (Wildman–Crippen LogP) is 0.937. The fourth-order valence-electron chi connectivity index (χ4n) is 1.03. The summed E-state index contributed by atoms with van der Waals surface area (Å²) in [6.45, 7) is 4.94. The summed E-state index contributed by atoms with van der Waals surface area (Å²) in [4.78, 5) is 0. The number of hydrogen-bond acceptors (Lipinski definition) is 6. The molecule has 0 bridgehead atoms. The first-order chi connectivity index (χ1) is 6.79. The van der Waals surface area contributed by atoms with E-state index in [9.17, 15) is 0 Å². The van der Waals surface area contributed by atoms with Gasteiger partial charge in [0.2, 0.25) is 0 Å². The highest BCUT2D eigenvalue weighted by Gasteiger charge is 2.22. The number of rotatable bonds is 6. The number of nitrogens with two attached hydrogens (primary N) is 1. The minimum atomic E-state index is -0.432. The lowest BCUT2D eigenvalue weighted by Gasteiger charge is -2.21. The third kappa shape index (κ3) is 2.98. The molecule has 0 saturated carbocycles. The van der Waals surface area contributed by atoms with Crippen molar-refractivity contribution in [1.82, 2.24) is 10.2 Å². The minimum absolute atomic E-state index is 0.359. The van der Waals surface area contributed by atoms with Gasteiger partial charge in [0.25, 0.3) is 0 Å². The maximum atomic E-state index is 5.91. The molecule has 0 amide bonds. The summed E-state index contributed by atoms with van der Waals surface area (Å²) in [7, 11) is 0. The van der Waals surface area contributed by atoms with Crippen LogP contribution in [0, 0.1) is 0 Å². The highest BCUT2D eigenvalue weighted by Crippen LogP contribution is 2.18. The van der Waals surface area contributed by atoms with Crippen LogP contribution in [0.3, 0.4) is 0 Å². The van der Waals surface area contributed by atoms with Gasteiger partial charge in [-0.3, -0.25) is 0 Å². The average Bonchev–Trinajstić information content (AvgIpc) is 2.69. The summed E-state index contributed by atoms with van der Waals surface area (Å²) < 4.78 is 10.7. The zero-order valence-corrected chi connectivity index (χ0v) is 9.16. The van der Waals surface area contributed by atoms with Gasteiger partial charge in [0.05, 0.1) is 0 Å². The van der Waals surface area contributed by atoms with Crippen molar-refractivity contribution in [2.24, 2.45) is 5.73 Å². The normalized spacial score (nSPS) is 13.4. The zero-order valence-electron chi connectivity index (χ0n) is 8.34. The highest BCUT2D eigenvalue weighted by atomic mass is 32.1. The van der Waals surface area contributed by atoms with E-state index in [0.29, 0.717) is 13.2 Å². The fourth-order valence-corrected chi connectivity index (χ4v) is 1.59. The molecule has 2 N–H and O–H groups in total. The first-order valence-electron chi connectivity index (χ1n) is 4.54. The van der Waals surface area contributed by atoms with Crippen molar-refractivity contribution in [1.29, 1.82) is 0 Å². The fraction of sp³-hybridized carbons (Fsp3) is 0.750. The van der Waals surface area contributed by atoms with Gasteiger partial charge in [0.15, 0.2) is 6.29 Å². The molecule has 0 saturated heterocycles. The van der Waals surface area contributed by atoms with Crippen molar-refractivity contribution < 1.29 is 9.47 Å². The third-order valence-corrected chi connectivity index (χ3v) is 2.41. The predicted molar refractivity (Wildman–Crippen MR) is 53.9 cm³/mol. The van der Waals surface area contributed by atoms with Crippen molar-refractivity contribution >= 4 is 11.3 Å². The molecule has 0 fully saturated rings. The lowest BCUT2D eigenvalue weighted by atomic mass is 10.3. The topological polar surface area (TPSA) is 70.3 Å². The molecule has 0 radical (unpaired) electrons. The summed E-state index contributed by atoms with van der Waals surface area (Å²) in [6, 6.07) is -0.359. The molecule has 0 aromatic carbocycles. The Balaban J connectivity index is 2.58. The second-order valence-corrected chi connectivity index (χ2v) is 3.45. The lowest BCUT2D eigenvalue weighted by molar-refractivity contribution is -0.149. The maximum absolute atomic E-state index is 5.91. The summed E-state index contributed by atoms with van der Waals surface area (Å²) >= 11 is 1.40. The van der Waals surface area contributed by atoms with Crippen molar-refractivity contribution in [2.75, 3.05) is 13.2 Å². The van der Waals surface area contributed by atoms with Crippen molar-refractivity contribution in [3.63, 3.8) is 0 Å². The van der Waals surface area contributed by atoms with E-state index in [1.807, 2.05) is 13.8 Å². The van der Waals surface area contributed by atoms with E-state index in [2.05, 4.69) is 10.2 Å². The number of nitrogens with zero attached hydrogens (tertiary/aromatic N) is 2. The van der Waals surface area contributed by atoms with Crippen LogP contribution in [0.1, 0.15) is 24.9 Å². The van der Waals surface area contributed by atoms with Gasteiger partial charge in [-0.15, -0.1) is 21.5 Å². The van der Waals surface area contributed by atoms with Crippen molar-refractivity contribution in [3.05, 3.63) is 10.5 Å². The summed E-state index contributed by atoms with van der Waals surface area (Å²) in [5, 5.41) is 8.34. The molecule has 1 heterocycles. The Morgan fingerprint density at radius 3 is 2.50 bits per heavy atom. The molecule has 1 aromatic rings. The van der Waals surface area contributed by atoms with Gasteiger partial charge >= 0.3 is 0 Å². The number of hydrogen-bond donors (Lipinski definition) is 1. The Labute approximate surface area is 87.2 Å². The molecule has 14 heavy (non-hydrogen) atoms. The van der Waals surface area contributed by atoms with Crippen molar-refractivity contribution in [3.8, 4) is 0 Å². The molecule has 0 aliphatic heterocycles. The molecule has 5 nitrogen and oxygen atoms in total. The Bertz CT molecular complexity index is 237. The smallest absolute Gasteiger partial charge is 0.179 e. The van der Waals surface area contributed by atoms with E-state index < -0.39 is 6.29 Å². The second kappa shape index (κ2) is 6.02. The molecule has 1 unspecified atom stereocenters. The van der Waals surface area contributed by atoms with Crippen LogP contribution in [0.4, 0.5) is 0 Å². The van der Waals surface area contributed by atoms with Gasteiger partial charge in [-0.1, -0.05) is 0 Å². The standard InChI is InChI=1S/C8H15N3O2S/c1-3-12-8(13-4-2)6(9)7-11-10-5-14-7/h5-6,8H,3-4,9H2,1-2H3. The molecule has 1 rings (SSSR count). The van der Waals surface area contributed by atoms with Crippen LogP contribution in [0.15, 0.2) is 5.51 Å². The van der Waals surface area contributed by atoms with Crippen molar-refractivity contribution in [2.45, 2.75) is 26.2 Å². The van der Waals surface area contributed by atoms with Crippen LogP contribution in [0.25, 0.3) is 0 Å². The van der Waals surface area contributed by atoms with Crippen LogP contribution < -0.4 is 5.73 Å². The molecule has 0 aliphatic rings. The van der Waals surface area contributed by atoms with Crippen LogP contribution in [-0.2, 0) is 9.47 Å². The van der Waals surface area contributed by atoms with E-state index in [1.54, 1.807) is 5.51 Å². The van der Waals surface area contributed by atoms with E-state index >= 15 is 0 Å². The largest absolute Gasteiger partial charge is 0.351 e.